The van der Waals surface area contributed by atoms with Gasteiger partial charge in [0.15, 0.2) is 5.82 Å². The second kappa shape index (κ2) is 3.80. The van der Waals surface area contributed by atoms with Gasteiger partial charge in [-0.05, 0) is 49.4 Å². The standard InChI is InChI=1S/C14H20N2O2/c1-2-3-9(17)13-15-14(18-16-13)12-10-7-4-5-8(6-7)11(10)12/h7-12,17H,2-6H2,1H3. The van der Waals surface area contributed by atoms with Gasteiger partial charge in [-0.25, -0.2) is 0 Å². The number of aliphatic hydroxyl groups is 1. The maximum Gasteiger partial charge on any atom is 0.230 e. The molecule has 0 saturated heterocycles. The maximum absolute atomic E-state index is 9.87. The van der Waals surface area contributed by atoms with Gasteiger partial charge < -0.3 is 9.63 Å². The van der Waals surface area contributed by atoms with Crippen LogP contribution >= 0.6 is 0 Å². The zero-order valence-corrected chi connectivity index (χ0v) is 10.7. The van der Waals surface area contributed by atoms with Gasteiger partial charge >= 0.3 is 0 Å². The second-order valence-corrected chi connectivity index (χ2v) is 6.31. The Labute approximate surface area is 107 Å². The molecule has 5 atom stereocenters. The molecule has 4 rings (SSSR count). The van der Waals surface area contributed by atoms with Gasteiger partial charge in [0.05, 0.1) is 0 Å². The van der Waals surface area contributed by atoms with E-state index in [4.69, 9.17) is 4.52 Å². The fourth-order valence-corrected chi connectivity index (χ4v) is 4.58. The summed E-state index contributed by atoms with van der Waals surface area (Å²) < 4.78 is 5.40. The van der Waals surface area contributed by atoms with E-state index in [1.807, 2.05) is 6.92 Å². The average molecular weight is 248 g/mol. The molecule has 1 N–H and O–H groups in total. The minimum atomic E-state index is -0.553. The van der Waals surface area contributed by atoms with Gasteiger partial charge in [-0.1, -0.05) is 18.5 Å². The van der Waals surface area contributed by atoms with Gasteiger partial charge in [0, 0.05) is 5.92 Å². The monoisotopic (exact) mass is 248 g/mol. The van der Waals surface area contributed by atoms with E-state index in [-0.39, 0.29) is 0 Å². The van der Waals surface area contributed by atoms with Crippen LogP contribution in [0.5, 0.6) is 0 Å². The third kappa shape index (κ3) is 1.41. The minimum absolute atomic E-state index is 0.490. The molecule has 1 aromatic rings. The Balaban J connectivity index is 1.51. The van der Waals surface area contributed by atoms with Crippen LogP contribution in [0.25, 0.3) is 0 Å². The van der Waals surface area contributed by atoms with Crippen LogP contribution < -0.4 is 0 Å². The first-order chi connectivity index (χ1) is 8.79. The van der Waals surface area contributed by atoms with Crippen molar-refractivity contribution in [2.45, 2.75) is 51.0 Å². The number of aromatic nitrogens is 2. The van der Waals surface area contributed by atoms with E-state index in [1.165, 1.54) is 19.3 Å². The molecule has 18 heavy (non-hydrogen) atoms. The van der Waals surface area contributed by atoms with Gasteiger partial charge in [-0.2, -0.15) is 4.98 Å². The van der Waals surface area contributed by atoms with Crippen molar-refractivity contribution in [1.82, 2.24) is 10.1 Å². The van der Waals surface area contributed by atoms with E-state index in [0.717, 1.165) is 36.0 Å². The highest BCUT2D eigenvalue weighted by Gasteiger charge is 2.67. The quantitative estimate of drug-likeness (QED) is 0.890. The molecule has 1 heterocycles. The number of fused-ring (bicyclic) bond motifs is 5. The maximum atomic E-state index is 9.87. The van der Waals surface area contributed by atoms with Gasteiger partial charge in [0.2, 0.25) is 5.89 Å². The highest BCUT2D eigenvalue weighted by atomic mass is 16.5. The molecule has 0 amide bonds. The van der Waals surface area contributed by atoms with E-state index >= 15 is 0 Å². The van der Waals surface area contributed by atoms with E-state index in [0.29, 0.717) is 18.2 Å². The number of nitrogens with zero attached hydrogens (tertiary/aromatic N) is 2. The largest absolute Gasteiger partial charge is 0.385 e. The SMILES string of the molecule is CCCC(O)c1noc(C2C3C4CCC(C4)C23)n1. The summed E-state index contributed by atoms with van der Waals surface area (Å²) in [5, 5.41) is 13.8. The molecule has 4 heteroatoms. The van der Waals surface area contributed by atoms with E-state index in [2.05, 4.69) is 10.1 Å². The molecule has 2 bridgehead atoms. The molecule has 3 aliphatic carbocycles. The first-order valence-corrected chi connectivity index (χ1v) is 7.31. The molecule has 1 aromatic heterocycles. The summed E-state index contributed by atoms with van der Waals surface area (Å²) >= 11 is 0. The molecular formula is C14H20N2O2. The Bertz CT molecular complexity index is 442. The lowest BCUT2D eigenvalue weighted by molar-refractivity contribution is 0.152. The Hall–Kier alpha value is -0.900. The summed E-state index contributed by atoms with van der Waals surface area (Å²) in [6, 6.07) is 0. The molecule has 3 aliphatic rings. The zero-order chi connectivity index (χ0) is 12.3. The molecule has 0 aromatic carbocycles. The van der Waals surface area contributed by atoms with Crippen LogP contribution in [-0.2, 0) is 0 Å². The Kier molecular flexibility index (Phi) is 2.31. The van der Waals surface area contributed by atoms with Crippen molar-refractivity contribution in [3.05, 3.63) is 11.7 Å². The second-order valence-electron chi connectivity index (χ2n) is 6.31. The molecule has 0 radical (unpaired) electrons. The van der Waals surface area contributed by atoms with Gasteiger partial charge in [0.25, 0.3) is 0 Å². The van der Waals surface area contributed by atoms with Crippen molar-refractivity contribution in [3.8, 4) is 0 Å². The van der Waals surface area contributed by atoms with E-state index in [1.54, 1.807) is 0 Å². The van der Waals surface area contributed by atoms with Crippen LogP contribution in [0.1, 0.15) is 62.8 Å². The molecule has 3 saturated carbocycles. The summed E-state index contributed by atoms with van der Waals surface area (Å²) in [5.74, 6) is 5.28. The smallest absolute Gasteiger partial charge is 0.230 e. The van der Waals surface area contributed by atoms with Crippen LogP contribution in [0.15, 0.2) is 4.52 Å². The summed E-state index contributed by atoms with van der Waals surface area (Å²) in [7, 11) is 0. The van der Waals surface area contributed by atoms with E-state index in [9.17, 15) is 5.11 Å². The third-order valence-electron chi connectivity index (χ3n) is 5.34. The molecule has 3 fully saturated rings. The van der Waals surface area contributed by atoms with Crippen LogP contribution in [-0.4, -0.2) is 15.2 Å². The summed E-state index contributed by atoms with van der Waals surface area (Å²) in [5.41, 5.74) is 0. The summed E-state index contributed by atoms with van der Waals surface area (Å²) in [6.45, 7) is 2.05. The topological polar surface area (TPSA) is 59.2 Å². The Morgan fingerprint density at radius 1 is 1.33 bits per heavy atom. The van der Waals surface area contributed by atoms with Crippen LogP contribution in [0.2, 0.25) is 0 Å². The summed E-state index contributed by atoms with van der Waals surface area (Å²) in [4.78, 5) is 4.44. The Morgan fingerprint density at radius 3 is 2.72 bits per heavy atom. The summed E-state index contributed by atoms with van der Waals surface area (Å²) in [6.07, 6.45) is 5.34. The molecule has 4 nitrogen and oxygen atoms in total. The number of hydrogen-bond acceptors (Lipinski definition) is 4. The zero-order valence-electron chi connectivity index (χ0n) is 10.7. The van der Waals surface area contributed by atoms with Crippen molar-refractivity contribution < 1.29 is 9.63 Å². The number of aliphatic hydroxyl groups excluding tert-OH is 1. The molecule has 98 valence electrons. The Morgan fingerprint density at radius 2 is 2.06 bits per heavy atom. The highest BCUT2D eigenvalue weighted by molar-refractivity contribution is 5.22. The van der Waals surface area contributed by atoms with E-state index < -0.39 is 6.10 Å². The van der Waals surface area contributed by atoms with Crippen LogP contribution in [0.4, 0.5) is 0 Å². The average Bonchev–Trinajstić information content (AvgIpc) is 2.80. The lowest BCUT2D eigenvalue weighted by Crippen LogP contribution is -2.00. The van der Waals surface area contributed by atoms with Gasteiger partial charge in [0.1, 0.15) is 6.10 Å². The van der Waals surface area contributed by atoms with Crippen molar-refractivity contribution in [2.24, 2.45) is 23.7 Å². The number of rotatable bonds is 4. The van der Waals surface area contributed by atoms with Crippen molar-refractivity contribution in [2.75, 3.05) is 0 Å². The first kappa shape index (κ1) is 11.0. The molecule has 5 unspecified atom stereocenters. The fourth-order valence-electron chi connectivity index (χ4n) is 4.58. The van der Waals surface area contributed by atoms with Crippen molar-refractivity contribution in [3.63, 3.8) is 0 Å². The fraction of sp³-hybridized carbons (Fsp3) is 0.857. The lowest BCUT2D eigenvalue weighted by atomic mass is 10.0. The molecule has 0 spiro atoms. The lowest BCUT2D eigenvalue weighted by Gasteiger charge is -2.04. The molecular weight excluding hydrogens is 228 g/mol. The predicted molar refractivity (Wildman–Crippen MR) is 64.7 cm³/mol. The predicted octanol–water partition coefficient (Wildman–Crippen LogP) is 2.66. The van der Waals surface area contributed by atoms with Crippen molar-refractivity contribution >= 4 is 0 Å². The van der Waals surface area contributed by atoms with Crippen LogP contribution in [0, 0.1) is 23.7 Å². The third-order valence-corrected chi connectivity index (χ3v) is 5.34. The highest BCUT2D eigenvalue weighted by Crippen LogP contribution is 2.72. The molecule has 0 aliphatic heterocycles. The normalized spacial score (nSPS) is 42.0. The van der Waals surface area contributed by atoms with Gasteiger partial charge in [-0.15, -0.1) is 0 Å². The van der Waals surface area contributed by atoms with Crippen LogP contribution in [0.3, 0.4) is 0 Å². The van der Waals surface area contributed by atoms with Gasteiger partial charge in [-0.3, -0.25) is 0 Å². The number of hydrogen-bond donors (Lipinski definition) is 1. The first-order valence-electron chi connectivity index (χ1n) is 7.31. The van der Waals surface area contributed by atoms with Crippen molar-refractivity contribution in [1.29, 1.82) is 0 Å². The minimum Gasteiger partial charge on any atom is -0.385 e.